The van der Waals surface area contributed by atoms with E-state index in [4.69, 9.17) is 0 Å². The molecule has 7 nitrogen and oxygen atoms in total. The van der Waals surface area contributed by atoms with Crippen LogP contribution in [-0.2, 0) is 10.0 Å². The molecule has 0 atom stereocenters. The van der Waals surface area contributed by atoms with E-state index in [1.165, 1.54) is 37.3 Å². The zero-order valence-corrected chi connectivity index (χ0v) is 9.56. The average Bonchev–Trinajstić information content (AvgIpc) is 2.15. The lowest BCUT2D eigenvalue weighted by Crippen LogP contribution is -2.36. The molecular weight excluding hydrogens is 234 g/mol. The Morgan fingerprint density at radius 2 is 1.88 bits per heavy atom. The molecule has 0 spiro atoms. The molecule has 16 heavy (non-hydrogen) atoms. The molecule has 0 fully saturated rings. The molecule has 8 heteroatoms. The molecule has 0 amide bonds. The number of nitrogens with zero attached hydrogens (tertiary/aromatic N) is 2. The van der Waals surface area contributed by atoms with Gasteiger partial charge in [-0.15, -0.1) is 4.83 Å². The van der Waals surface area contributed by atoms with Crippen LogP contribution in [0.4, 0.5) is 5.69 Å². The van der Waals surface area contributed by atoms with Gasteiger partial charge < -0.3 is 0 Å². The first-order chi connectivity index (χ1) is 7.34. The van der Waals surface area contributed by atoms with Crippen LogP contribution < -0.4 is 4.83 Å². The first-order valence-corrected chi connectivity index (χ1v) is 5.76. The van der Waals surface area contributed by atoms with Crippen molar-refractivity contribution in [1.29, 1.82) is 0 Å². The van der Waals surface area contributed by atoms with Crippen LogP contribution in [0, 0.1) is 10.1 Å². The van der Waals surface area contributed by atoms with Gasteiger partial charge in [0.2, 0.25) is 0 Å². The summed E-state index contributed by atoms with van der Waals surface area (Å²) in [5, 5.41) is 11.9. The minimum absolute atomic E-state index is 0.353. The van der Waals surface area contributed by atoms with Gasteiger partial charge in [0.15, 0.2) is 4.90 Å². The van der Waals surface area contributed by atoms with Crippen LogP contribution in [0.15, 0.2) is 29.2 Å². The summed E-state index contributed by atoms with van der Waals surface area (Å²) in [7, 11) is -0.944. The van der Waals surface area contributed by atoms with Gasteiger partial charge in [-0.05, 0) is 6.07 Å². The molecule has 88 valence electrons. The van der Waals surface area contributed by atoms with Crippen molar-refractivity contribution in [2.45, 2.75) is 4.90 Å². The maximum atomic E-state index is 11.7. The fraction of sp³-hybridized carbons (Fsp3) is 0.250. The molecule has 0 bridgehead atoms. The largest absolute Gasteiger partial charge is 0.289 e. The molecule has 1 N–H and O–H groups in total. The molecule has 1 rings (SSSR count). The number of hydrazine groups is 1. The van der Waals surface area contributed by atoms with Crippen molar-refractivity contribution in [2.24, 2.45) is 0 Å². The van der Waals surface area contributed by atoms with Crippen LogP contribution in [0.3, 0.4) is 0 Å². The molecule has 1 aromatic carbocycles. The Bertz CT molecular complexity index is 498. The lowest BCUT2D eigenvalue weighted by atomic mass is 10.3. The average molecular weight is 245 g/mol. The molecular formula is C8H11N3O4S. The van der Waals surface area contributed by atoms with E-state index in [-0.39, 0.29) is 4.90 Å². The van der Waals surface area contributed by atoms with Gasteiger partial charge in [0.05, 0.1) is 4.92 Å². The molecule has 0 aliphatic carbocycles. The van der Waals surface area contributed by atoms with Gasteiger partial charge in [0.1, 0.15) is 0 Å². The second kappa shape index (κ2) is 4.56. The number of rotatable bonds is 4. The predicted octanol–water partition coefficient (Wildman–Crippen LogP) is 0.350. The lowest BCUT2D eigenvalue weighted by molar-refractivity contribution is -0.387. The molecule has 0 radical (unpaired) electrons. The van der Waals surface area contributed by atoms with E-state index in [1.807, 2.05) is 0 Å². The van der Waals surface area contributed by atoms with Crippen molar-refractivity contribution >= 4 is 15.7 Å². The Balaban J connectivity index is 3.28. The highest BCUT2D eigenvalue weighted by Crippen LogP contribution is 2.22. The molecule has 1 aromatic rings. The second-order valence-electron chi connectivity index (χ2n) is 3.21. The fourth-order valence-electron chi connectivity index (χ4n) is 1.12. The molecule has 0 unspecified atom stereocenters. The number of hydrogen-bond donors (Lipinski definition) is 1. The summed E-state index contributed by atoms with van der Waals surface area (Å²) in [5.41, 5.74) is -0.447. The van der Waals surface area contributed by atoms with Gasteiger partial charge in [0.25, 0.3) is 15.7 Å². The number of nitro groups is 1. The van der Waals surface area contributed by atoms with E-state index in [1.54, 1.807) is 0 Å². The standard InChI is InChI=1S/C8H11N3O4S/c1-10(2)9-16(14,15)8-6-4-3-5-7(8)11(12)13/h3-6,9H,1-2H3. The fourth-order valence-corrected chi connectivity index (χ4v) is 2.38. The Kier molecular flexibility index (Phi) is 3.58. The lowest BCUT2D eigenvalue weighted by Gasteiger charge is -2.12. The quantitative estimate of drug-likeness (QED) is 0.610. The van der Waals surface area contributed by atoms with Crippen molar-refractivity contribution in [3.63, 3.8) is 0 Å². The smallest absolute Gasteiger partial charge is 0.258 e. The third-order valence-corrected chi connectivity index (χ3v) is 3.18. The van der Waals surface area contributed by atoms with Crippen molar-refractivity contribution in [2.75, 3.05) is 14.1 Å². The van der Waals surface area contributed by atoms with Gasteiger partial charge in [0, 0.05) is 20.2 Å². The predicted molar refractivity (Wildman–Crippen MR) is 57.1 cm³/mol. The first kappa shape index (κ1) is 12.6. The van der Waals surface area contributed by atoms with Gasteiger partial charge in [-0.3, -0.25) is 10.1 Å². The summed E-state index contributed by atoms with van der Waals surface area (Å²) in [6, 6.07) is 5.16. The SMILES string of the molecule is CN(C)NS(=O)(=O)c1ccccc1[N+](=O)[O-]. The summed E-state index contributed by atoms with van der Waals surface area (Å²) in [5.74, 6) is 0. The van der Waals surface area contributed by atoms with Gasteiger partial charge in [-0.25, -0.2) is 13.4 Å². The molecule has 0 saturated heterocycles. The third-order valence-electron chi connectivity index (χ3n) is 1.65. The van der Waals surface area contributed by atoms with Crippen molar-refractivity contribution in [3.05, 3.63) is 34.4 Å². The molecule has 0 aliphatic heterocycles. The summed E-state index contributed by atoms with van der Waals surface area (Å²) < 4.78 is 23.4. The van der Waals surface area contributed by atoms with Gasteiger partial charge in [-0.1, -0.05) is 12.1 Å². The maximum absolute atomic E-state index is 11.7. The third kappa shape index (κ3) is 2.75. The Labute approximate surface area is 92.9 Å². The summed E-state index contributed by atoms with van der Waals surface area (Å²) in [6.07, 6.45) is 0. The minimum Gasteiger partial charge on any atom is -0.258 e. The summed E-state index contributed by atoms with van der Waals surface area (Å²) in [4.78, 5) is 11.7. The number of para-hydroxylation sites is 1. The van der Waals surface area contributed by atoms with E-state index >= 15 is 0 Å². The number of sulfonamides is 1. The number of nitrogens with one attached hydrogen (secondary N) is 1. The van der Waals surface area contributed by atoms with Crippen LogP contribution in [-0.4, -0.2) is 32.4 Å². The zero-order chi connectivity index (χ0) is 12.3. The number of hydrogen-bond acceptors (Lipinski definition) is 5. The molecule has 0 heterocycles. The van der Waals surface area contributed by atoms with E-state index in [2.05, 4.69) is 4.83 Å². The second-order valence-corrected chi connectivity index (χ2v) is 4.84. The summed E-state index contributed by atoms with van der Waals surface area (Å²) in [6.45, 7) is 0. The van der Waals surface area contributed by atoms with Crippen LogP contribution in [0.5, 0.6) is 0 Å². The molecule has 0 aromatic heterocycles. The number of nitro benzene ring substituents is 1. The highest BCUT2D eigenvalue weighted by molar-refractivity contribution is 7.89. The molecule has 0 saturated carbocycles. The van der Waals surface area contributed by atoms with Crippen molar-refractivity contribution in [1.82, 2.24) is 9.84 Å². The normalized spacial score (nSPS) is 11.7. The van der Waals surface area contributed by atoms with Crippen LogP contribution in [0.2, 0.25) is 0 Å². The van der Waals surface area contributed by atoms with E-state index in [0.29, 0.717) is 0 Å². The Morgan fingerprint density at radius 3 is 2.38 bits per heavy atom. The van der Waals surface area contributed by atoms with Gasteiger partial charge in [-0.2, -0.15) is 0 Å². The van der Waals surface area contributed by atoms with E-state index in [0.717, 1.165) is 6.07 Å². The maximum Gasteiger partial charge on any atom is 0.289 e. The minimum atomic E-state index is -3.90. The Hall–Kier alpha value is -1.51. The zero-order valence-electron chi connectivity index (χ0n) is 8.75. The monoisotopic (exact) mass is 245 g/mol. The van der Waals surface area contributed by atoms with Gasteiger partial charge >= 0.3 is 0 Å². The topological polar surface area (TPSA) is 92.6 Å². The molecule has 0 aliphatic rings. The van der Waals surface area contributed by atoms with Crippen molar-refractivity contribution in [3.8, 4) is 0 Å². The highest BCUT2D eigenvalue weighted by atomic mass is 32.2. The van der Waals surface area contributed by atoms with E-state index < -0.39 is 20.6 Å². The van der Waals surface area contributed by atoms with Crippen LogP contribution in [0.1, 0.15) is 0 Å². The van der Waals surface area contributed by atoms with Crippen LogP contribution in [0.25, 0.3) is 0 Å². The van der Waals surface area contributed by atoms with Crippen molar-refractivity contribution < 1.29 is 13.3 Å². The number of benzene rings is 1. The Morgan fingerprint density at radius 1 is 1.31 bits per heavy atom. The highest BCUT2D eigenvalue weighted by Gasteiger charge is 2.25. The summed E-state index contributed by atoms with van der Waals surface area (Å²) >= 11 is 0. The van der Waals surface area contributed by atoms with E-state index in [9.17, 15) is 18.5 Å². The first-order valence-electron chi connectivity index (χ1n) is 4.28. The van der Waals surface area contributed by atoms with Crippen LogP contribution >= 0.6 is 0 Å².